The van der Waals surface area contributed by atoms with Crippen molar-refractivity contribution in [1.82, 2.24) is 0 Å². The quantitative estimate of drug-likeness (QED) is 0.729. The normalized spacial score (nSPS) is 11.8. The first-order valence-electron chi connectivity index (χ1n) is 1.99. The Kier molecular flexibility index (Phi) is 9.56. The second-order valence-electron chi connectivity index (χ2n) is 1.41. The molecule has 0 heterocycles. The molecule has 0 saturated heterocycles. The molecular weight excluding hydrogens is 339 g/mol. The number of carboxylic acids is 1. The van der Waals surface area contributed by atoms with Crippen molar-refractivity contribution in [2.45, 2.75) is 6.92 Å². The van der Waals surface area contributed by atoms with Gasteiger partial charge in [0.25, 0.3) is 0 Å². The zero-order valence-electron chi connectivity index (χ0n) is 4.63. The van der Waals surface area contributed by atoms with Crippen molar-refractivity contribution < 1.29 is 54.0 Å². The van der Waals surface area contributed by atoms with Crippen LogP contribution in [0.3, 0.4) is 0 Å². The van der Waals surface area contributed by atoms with Gasteiger partial charge in [0.05, 0.1) is 0 Å². The molecule has 0 rings (SSSR count). The zero-order valence-corrected chi connectivity index (χ0v) is 10.2. The van der Waals surface area contributed by atoms with E-state index in [0.717, 1.165) is 0 Å². The second-order valence-corrected chi connectivity index (χ2v) is 1.74. The molecule has 0 spiro atoms. The zero-order chi connectivity index (χ0) is 5.86. The first kappa shape index (κ1) is 12.0. The van der Waals surface area contributed by atoms with E-state index in [1.54, 1.807) is 6.92 Å². The molecule has 0 aromatic heterocycles. The van der Waals surface area contributed by atoms with Gasteiger partial charge in [0.2, 0.25) is 0 Å². The Morgan fingerprint density at radius 1 is 1.88 bits per heavy atom. The molecule has 0 amide bonds. The van der Waals surface area contributed by atoms with Crippen molar-refractivity contribution >= 4 is 18.6 Å². The van der Waals surface area contributed by atoms with Gasteiger partial charge in [-0.15, -0.1) is 0 Å². The van der Waals surface area contributed by atoms with Crippen LogP contribution in [0, 0.1) is 50.0 Å². The summed E-state index contributed by atoms with van der Waals surface area (Å²) in [5.74, 6) is -0.875. The Balaban J connectivity index is 0. The van der Waals surface area contributed by atoms with E-state index in [1.165, 1.54) is 0 Å². The topological polar surface area (TPSA) is 37.3 Å². The van der Waals surface area contributed by atoms with E-state index in [1.807, 2.05) is 0 Å². The Morgan fingerprint density at radius 3 is 2.25 bits per heavy atom. The van der Waals surface area contributed by atoms with E-state index in [0.29, 0.717) is 5.75 Å². The van der Waals surface area contributed by atoms with Crippen LogP contribution in [0.2, 0.25) is 0 Å². The second kappa shape index (κ2) is 6.38. The molecule has 0 saturated carbocycles. The van der Waals surface area contributed by atoms with Gasteiger partial charge in [0.15, 0.2) is 0 Å². The van der Waals surface area contributed by atoms with Crippen LogP contribution in [0.5, 0.6) is 0 Å². The minimum Gasteiger partial charge on any atom is -0.792 e. The summed E-state index contributed by atoms with van der Waals surface area (Å²) in [6.07, 6.45) is 0. The van der Waals surface area contributed by atoms with Crippen LogP contribution in [0.25, 0.3) is 0 Å². The van der Waals surface area contributed by atoms with Crippen molar-refractivity contribution in [2.24, 2.45) is 5.92 Å². The van der Waals surface area contributed by atoms with Crippen molar-refractivity contribution in [1.29, 1.82) is 0 Å². The number of rotatable bonds is 2. The Morgan fingerprint density at radius 2 is 2.25 bits per heavy atom. The van der Waals surface area contributed by atoms with Crippen molar-refractivity contribution in [3.63, 3.8) is 0 Å². The number of hydrogen-bond acceptors (Lipinski definition) is 2. The molecule has 45 valence electrons. The van der Waals surface area contributed by atoms with E-state index in [4.69, 9.17) is 5.11 Å². The molecule has 0 bridgehead atoms. The van der Waals surface area contributed by atoms with E-state index in [9.17, 15) is 4.79 Å². The molecule has 1 atom stereocenters. The molecular formula is C4H7AcO2S-. The van der Waals surface area contributed by atoms with E-state index in [-0.39, 0.29) is 50.0 Å². The van der Waals surface area contributed by atoms with Gasteiger partial charge in [-0.1, -0.05) is 6.92 Å². The van der Waals surface area contributed by atoms with Gasteiger partial charge in [-0.2, -0.15) is 5.75 Å². The average molecular weight is 346 g/mol. The largest absolute Gasteiger partial charge is 0.792 e. The summed E-state index contributed by atoms with van der Waals surface area (Å²) in [4.78, 5) is 9.86. The van der Waals surface area contributed by atoms with Crippen LogP contribution < -0.4 is 0 Å². The maximum absolute atomic E-state index is 9.86. The molecule has 4 heteroatoms. The fourth-order valence-electron chi connectivity index (χ4n) is 0.0713. The molecule has 1 radical (unpaired) electrons. The van der Waals surface area contributed by atoms with Crippen molar-refractivity contribution in [2.75, 3.05) is 5.75 Å². The molecule has 0 aromatic rings. The summed E-state index contributed by atoms with van der Waals surface area (Å²) in [7, 11) is 0. The minimum atomic E-state index is -0.810. The predicted octanol–water partition coefficient (Wildman–Crippen LogP) is 0.254. The summed E-state index contributed by atoms with van der Waals surface area (Å²) in [6, 6.07) is 0. The molecule has 0 aliphatic carbocycles. The summed E-state index contributed by atoms with van der Waals surface area (Å²) < 4.78 is 0. The predicted molar refractivity (Wildman–Crippen MR) is 29.0 cm³/mol. The van der Waals surface area contributed by atoms with Gasteiger partial charge in [0.1, 0.15) is 0 Å². The van der Waals surface area contributed by atoms with Gasteiger partial charge in [-0.05, 0) is 0 Å². The third-order valence-corrected chi connectivity index (χ3v) is 1.17. The molecule has 1 N–H and O–H groups in total. The number of aliphatic carboxylic acids is 1. The molecule has 0 fully saturated rings. The van der Waals surface area contributed by atoms with Crippen LogP contribution in [-0.4, -0.2) is 16.8 Å². The maximum Gasteiger partial charge on any atom is 0.304 e. The third kappa shape index (κ3) is 5.40. The maximum atomic E-state index is 9.86. The molecule has 0 aliphatic heterocycles. The third-order valence-electron chi connectivity index (χ3n) is 0.672. The number of hydrogen-bond donors (Lipinski definition) is 1. The van der Waals surface area contributed by atoms with Gasteiger partial charge in [-0.3, -0.25) is 4.79 Å². The summed E-state index contributed by atoms with van der Waals surface area (Å²) in [6.45, 7) is 1.59. The average Bonchev–Trinajstić information content (AvgIpc) is 1.65. The van der Waals surface area contributed by atoms with Gasteiger partial charge in [0, 0.05) is 50.0 Å². The Hall–Kier alpha value is 1.26. The van der Waals surface area contributed by atoms with E-state index < -0.39 is 5.97 Å². The van der Waals surface area contributed by atoms with Gasteiger partial charge < -0.3 is 17.7 Å². The van der Waals surface area contributed by atoms with E-state index >= 15 is 0 Å². The van der Waals surface area contributed by atoms with Crippen LogP contribution in [0.15, 0.2) is 0 Å². The fourth-order valence-corrected chi connectivity index (χ4v) is 0.214. The van der Waals surface area contributed by atoms with Gasteiger partial charge in [-0.25, -0.2) is 0 Å². The minimum absolute atomic E-state index is 0. The first-order chi connectivity index (χ1) is 3.18. The molecule has 0 unspecified atom stereocenters. The van der Waals surface area contributed by atoms with Crippen LogP contribution in [0.4, 0.5) is 0 Å². The van der Waals surface area contributed by atoms with Crippen LogP contribution >= 0.6 is 0 Å². The smallest absolute Gasteiger partial charge is 0.304 e. The van der Waals surface area contributed by atoms with E-state index in [2.05, 4.69) is 12.6 Å². The van der Waals surface area contributed by atoms with Crippen molar-refractivity contribution in [3.8, 4) is 0 Å². The summed E-state index contributed by atoms with van der Waals surface area (Å²) >= 11 is 4.47. The first-order valence-corrected chi connectivity index (χ1v) is 2.57. The Labute approximate surface area is 90.0 Å². The fraction of sp³-hybridized carbons (Fsp3) is 0.750. The number of carbonyl (C=O) groups is 1. The molecule has 0 aromatic carbocycles. The summed E-state index contributed by atoms with van der Waals surface area (Å²) in [5, 5.41) is 8.12. The molecule has 2 nitrogen and oxygen atoms in total. The van der Waals surface area contributed by atoms with Crippen LogP contribution in [0.1, 0.15) is 6.92 Å². The van der Waals surface area contributed by atoms with Gasteiger partial charge >= 0.3 is 5.97 Å². The molecule has 8 heavy (non-hydrogen) atoms. The van der Waals surface area contributed by atoms with Crippen molar-refractivity contribution in [3.05, 3.63) is 0 Å². The van der Waals surface area contributed by atoms with Crippen LogP contribution in [-0.2, 0) is 17.4 Å². The molecule has 0 aliphatic rings. The monoisotopic (exact) mass is 346 g/mol. The summed E-state index contributed by atoms with van der Waals surface area (Å²) in [5.41, 5.74) is 0. The Bertz CT molecular complexity index is 76.4. The SMILES string of the molecule is C[C@H](C[S-])C(=O)O.[Ac]. The standard InChI is InChI=1S/C4H8O2S.Ac/c1-3(2-7)4(5)6;/h3,7H,2H2,1H3,(H,5,6);/p-1/t3-;/m1./s1. The number of carboxylic acid groups (broad SMARTS) is 1.